The van der Waals surface area contributed by atoms with E-state index in [4.69, 9.17) is 0 Å². The Morgan fingerprint density at radius 1 is 1.32 bits per heavy atom. The maximum atomic E-state index is 13.9. The highest BCUT2D eigenvalue weighted by molar-refractivity contribution is 5.58. The third-order valence-corrected chi connectivity index (χ3v) is 3.94. The number of benzene rings is 1. The fourth-order valence-corrected chi connectivity index (χ4v) is 2.77. The van der Waals surface area contributed by atoms with Gasteiger partial charge in [0, 0.05) is 18.3 Å². The molecular weight excluding hydrogens is 279 g/mol. The Bertz CT molecular complexity index is 638. The Balaban J connectivity index is 1.76. The van der Waals surface area contributed by atoms with Crippen LogP contribution in [0, 0.1) is 18.7 Å². The summed E-state index contributed by atoms with van der Waals surface area (Å²) in [6.45, 7) is 4.93. The minimum Gasteiger partial charge on any atom is -0.370 e. The van der Waals surface area contributed by atoms with Gasteiger partial charge in [0.2, 0.25) is 0 Å². The van der Waals surface area contributed by atoms with Crippen molar-refractivity contribution in [1.82, 2.24) is 15.3 Å². The molecule has 1 aromatic carbocycles. The fraction of sp³-hybridized carbons (Fsp3) is 0.412. The Morgan fingerprint density at radius 2 is 2.18 bits per heavy atom. The summed E-state index contributed by atoms with van der Waals surface area (Å²) in [6.07, 6.45) is 2.44. The largest absolute Gasteiger partial charge is 0.370 e. The van der Waals surface area contributed by atoms with E-state index in [9.17, 15) is 4.39 Å². The standard InChI is InChI=1S/C17H21FN4/c1-12-9-16(20-11-13-5-4-8-19-10-13)22-17(21-12)14-6-2-3-7-15(14)18/h2-3,6-7,9,13,19H,4-5,8,10-11H2,1H3,(H,20,21,22). The molecule has 1 aromatic heterocycles. The van der Waals surface area contributed by atoms with Gasteiger partial charge >= 0.3 is 0 Å². The van der Waals surface area contributed by atoms with Gasteiger partial charge in [0.25, 0.3) is 0 Å². The summed E-state index contributed by atoms with van der Waals surface area (Å²) in [5, 5.41) is 6.78. The number of aromatic nitrogens is 2. The summed E-state index contributed by atoms with van der Waals surface area (Å²) in [7, 11) is 0. The quantitative estimate of drug-likeness (QED) is 0.911. The van der Waals surface area contributed by atoms with Gasteiger partial charge in [-0.05, 0) is 50.9 Å². The molecule has 2 N–H and O–H groups in total. The maximum absolute atomic E-state index is 13.9. The van der Waals surface area contributed by atoms with Crippen LogP contribution in [-0.2, 0) is 0 Å². The second kappa shape index (κ2) is 6.83. The van der Waals surface area contributed by atoms with Gasteiger partial charge in [-0.15, -0.1) is 0 Å². The number of rotatable bonds is 4. The molecule has 1 saturated heterocycles. The lowest BCUT2D eigenvalue weighted by Gasteiger charge is -2.23. The molecule has 0 bridgehead atoms. The Labute approximate surface area is 130 Å². The number of nitrogens with one attached hydrogen (secondary N) is 2. The smallest absolute Gasteiger partial charge is 0.164 e. The highest BCUT2D eigenvalue weighted by Gasteiger charge is 2.14. The van der Waals surface area contributed by atoms with Crippen LogP contribution >= 0.6 is 0 Å². The van der Waals surface area contributed by atoms with E-state index in [1.165, 1.54) is 18.9 Å². The van der Waals surface area contributed by atoms with Gasteiger partial charge in [-0.3, -0.25) is 0 Å². The van der Waals surface area contributed by atoms with Crippen molar-refractivity contribution in [2.45, 2.75) is 19.8 Å². The first kappa shape index (κ1) is 14.9. The van der Waals surface area contributed by atoms with Crippen molar-refractivity contribution in [2.24, 2.45) is 5.92 Å². The molecule has 2 aromatic rings. The highest BCUT2D eigenvalue weighted by Crippen LogP contribution is 2.21. The van der Waals surface area contributed by atoms with Crippen LogP contribution < -0.4 is 10.6 Å². The monoisotopic (exact) mass is 300 g/mol. The first-order valence-electron chi connectivity index (χ1n) is 7.77. The number of aryl methyl sites for hydroxylation is 1. The molecule has 5 heteroatoms. The molecule has 0 radical (unpaired) electrons. The summed E-state index contributed by atoms with van der Waals surface area (Å²) < 4.78 is 13.9. The second-order valence-corrected chi connectivity index (χ2v) is 5.79. The average molecular weight is 300 g/mol. The lowest BCUT2D eigenvalue weighted by atomic mass is 10.00. The number of hydrogen-bond acceptors (Lipinski definition) is 4. The van der Waals surface area contributed by atoms with Gasteiger partial charge in [0.15, 0.2) is 5.82 Å². The Morgan fingerprint density at radius 3 is 2.95 bits per heavy atom. The normalized spacial score (nSPS) is 18.2. The summed E-state index contributed by atoms with van der Waals surface area (Å²) in [4.78, 5) is 8.82. The molecular formula is C17H21FN4. The van der Waals surface area contributed by atoms with Crippen LogP contribution in [0.1, 0.15) is 18.5 Å². The van der Waals surface area contributed by atoms with Crippen molar-refractivity contribution in [3.63, 3.8) is 0 Å². The molecule has 4 nitrogen and oxygen atoms in total. The van der Waals surface area contributed by atoms with Gasteiger partial charge < -0.3 is 10.6 Å². The molecule has 1 aliphatic heterocycles. The molecule has 0 spiro atoms. The van der Waals surface area contributed by atoms with Crippen molar-refractivity contribution >= 4 is 5.82 Å². The molecule has 1 unspecified atom stereocenters. The molecule has 1 aliphatic rings. The average Bonchev–Trinajstić information content (AvgIpc) is 2.54. The first-order valence-corrected chi connectivity index (χ1v) is 7.77. The molecule has 116 valence electrons. The predicted octanol–water partition coefficient (Wildman–Crippen LogP) is 3.00. The third kappa shape index (κ3) is 3.60. The zero-order chi connectivity index (χ0) is 15.4. The van der Waals surface area contributed by atoms with E-state index >= 15 is 0 Å². The summed E-state index contributed by atoms with van der Waals surface area (Å²) in [6, 6.07) is 8.51. The van der Waals surface area contributed by atoms with Crippen molar-refractivity contribution in [2.75, 3.05) is 25.0 Å². The molecule has 22 heavy (non-hydrogen) atoms. The lowest BCUT2D eigenvalue weighted by Crippen LogP contribution is -2.33. The van der Waals surface area contributed by atoms with Crippen molar-refractivity contribution < 1.29 is 4.39 Å². The first-order chi connectivity index (χ1) is 10.7. The SMILES string of the molecule is Cc1cc(NCC2CCCNC2)nc(-c2ccccc2F)n1. The Kier molecular flexibility index (Phi) is 4.63. The van der Waals surface area contributed by atoms with Crippen molar-refractivity contribution in [1.29, 1.82) is 0 Å². The van der Waals surface area contributed by atoms with Crippen LogP contribution in [0.15, 0.2) is 30.3 Å². The van der Waals surface area contributed by atoms with Crippen LogP contribution in [-0.4, -0.2) is 29.6 Å². The van der Waals surface area contributed by atoms with Gasteiger partial charge in [0.1, 0.15) is 11.6 Å². The topological polar surface area (TPSA) is 49.8 Å². The fourth-order valence-electron chi connectivity index (χ4n) is 2.77. The van der Waals surface area contributed by atoms with Crippen LogP contribution in [0.3, 0.4) is 0 Å². The predicted molar refractivity (Wildman–Crippen MR) is 86.2 cm³/mol. The minimum absolute atomic E-state index is 0.296. The minimum atomic E-state index is -0.296. The third-order valence-electron chi connectivity index (χ3n) is 3.94. The molecule has 0 aliphatic carbocycles. The number of anilines is 1. The van der Waals surface area contributed by atoms with E-state index in [2.05, 4.69) is 20.6 Å². The maximum Gasteiger partial charge on any atom is 0.164 e. The van der Waals surface area contributed by atoms with Crippen molar-refractivity contribution in [3.8, 4) is 11.4 Å². The van der Waals surface area contributed by atoms with Crippen LogP contribution in [0.5, 0.6) is 0 Å². The lowest BCUT2D eigenvalue weighted by molar-refractivity contribution is 0.392. The van der Waals surface area contributed by atoms with Gasteiger partial charge in [-0.2, -0.15) is 0 Å². The molecule has 0 saturated carbocycles. The van der Waals surface area contributed by atoms with E-state index < -0.39 is 0 Å². The summed E-state index contributed by atoms with van der Waals surface area (Å²) in [5.41, 5.74) is 1.27. The second-order valence-electron chi connectivity index (χ2n) is 5.79. The number of nitrogens with zero attached hydrogens (tertiary/aromatic N) is 2. The molecule has 1 atom stereocenters. The van der Waals surface area contributed by atoms with Gasteiger partial charge in [0.05, 0.1) is 5.56 Å². The zero-order valence-corrected chi connectivity index (χ0v) is 12.8. The van der Waals surface area contributed by atoms with E-state index in [0.29, 0.717) is 17.3 Å². The van der Waals surface area contributed by atoms with Crippen LogP contribution in [0.25, 0.3) is 11.4 Å². The van der Waals surface area contributed by atoms with E-state index in [1.807, 2.05) is 13.0 Å². The van der Waals surface area contributed by atoms with E-state index in [0.717, 1.165) is 31.1 Å². The Hall–Kier alpha value is -2.01. The molecule has 0 amide bonds. The number of halogens is 1. The van der Waals surface area contributed by atoms with E-state index in [-0.39, 0.29) is 5.82 Å². The van der Waals surface area contributed by atoms with Crippen LogP contribution in [0.4, 0.5) is 10.2 Å². The van der Waals surface area contributed by atoms with E-state index in [1.54, 1.807) is 18.2 Å². The van der Waals surface area contributed by atoms with Gasteiger partial charge in [-0.1, -0.05) is 12.1 Å². The van der Waals surface area contributed by atoms with Gasteiger partial charge in [-0.25, -0.2) is 14.4 Å². The number of hydrogen-bond donors (Lipinski definition) is 2. The highest BCUT2D eigenvalue weighted by atomic mass is 19.1. The summed E-state index contributed by atoms with van der Waals surface area (Å²) >= 11 is 0. The molecule has 1 fully saturated rings. The van der Waals surface area contributed by atoms with Crippen molar-refractivity contribution in [3.05, 3.63) is 41.8 Å². The number of piperidine rings is 1. The molecule has 3 rings (SSSR count). The zero-order valence-electron chi connectivity index (χ0n) is 12.8. The summed E-state index contributed by atoms with van der Waals surface area (Å²) in [5.74, 6) is 1.51. The van der Waals surface area contributed by atoms with Crippen LogP contribution in [0.2, 0.25) is 0 Å². The molecule has 2 heterocycles.